The van der Waals surface area contributed by atoms with Crippen molar-refractivity contribution in [3.8, 4) is 0 Å². The minimum Gasteiger partial charge on any atom is -0.321 e. The number of pyridine rings is 1. The summed E-state index contributed by atoms with van der Waals surface area (Å²) in [5.41, 5.74) is 1.40. The molecule has 2 heterocycles. The average Bonchev–Trinajstić information content (AvgIpc) is 2.63. The van der Waals surface area contributed by atoms with Gasteiger partial charge in [-0.3, -0.25) is 9.69 Å². The van der Waals surface area contributed by atoms with Gasteiger partial charge in [-0.05, 0) is 24.6 Å². The molecule has 132 valence electrons. The minimum atomic E-state index is -0.0656. The van der Waals surface area contributed by atoms with Gasteiger partial charge in [-0.2, -0.15) is 0 Å². The van der Waals surface area contributed by atoms with Crippen LogP contribution >= 0.6 is 23.2 Å². The van der Waals surface area contributed by atoms with Gasteiger partial charge in [0.05, 0.1) is 21.9 Å². The van der Waals surface area contributed by atoms with Gasteiger partial charge in [-0.1, -0.05) is 35.3 Å². The van der Waals surface area contributed by atoms with E-state index in [1.165, 1.54) is 4.90 Å². The quantitative estimate of drug-likeness (QED) is 0.843. The molecule has 3 N–H and O–H groups in total. The van der Waals surface area contributed by atoms with Crippen LogP contribution in [-0.2, 0) is 4.79 Å². The number of carbonyl (C=O) groups is 1. The van der Waals surface area contributed by atoms with E-state index in [1.807, 2.05) is 31.3 Å². The molecule has 25 heavy (non-hydrogen) atoms. The largest absolute Gasteiger partial charge is 0.321 e. The zero-order valence-corrected chi connectivity index (χ0v) is 15.6. The number of piperazine rings is 1. The SMILES string of the molecule is Cc1ccc(Cl)c(NC(=O)C[NH+]2CCN(c3cccc[nH+]3)CC2)c1Cl. The van der Waals surface area contributed by atoms with E-state index in [0.29, 0.717) is 22.3 Å². The number of hydrogen-bond donors (Lipinski definition) is 2. The number of hydrogen-bond acceptors (Lipinski definition) is 2. The molecule has 2 aromatic rings. The maximum Gasteiger partial charge on any atom is 0.279 e. The first kappa shape index (κ1) is 18.0. The standard InChI is InChI=1S/C18H20Cl2N4O/c1-13-5-6-14(19)18(17(13)20)22-16(25)12-23-8-10-24(11-9-23)15-4-2-3-7-21-15/h2-7H,8-12H2,1H3,(H,22,25)/p+2. The number of aryl methyl sites for hydroxylation is 1. The van der Waals surface area contributed by atoms with Gasteiger partial charge in [0.25, 0.3) is 11.7 Å². The second-order valence-corrected chi connectivity index (χ2v) is 7.05. The molecule has 0 spiro atoms. The minimum absolute atomic E-state index is 0.0656. The molecular formula is C18H22Cl2N4O+2. The predicted octanol–water partition coefficient (Wildman–Crippen LogP) is 1.46. The summed E-state index contributed by atoms with van der Waals surface area (Å²) in [5.74, 6) is 1.05. The van der Waals surface area contributed by atoms with Crippen molar-refractivity contribution >= 4 is 40.6 Å². The molecule has 1 aromatic carbocycles. The molecule has 1 fully saturated rings. The molecule has 0 bridgehead atoms. The number of aromatic nitrogens is 1. The van der Waals surface area contributed by atoms with E-state index in [4.69, 9.17) is 23.2 Å². The normalized spacial score (nSPS) is 15.2. The van der Waals surface area contributed by atoms with E-state index in [0.717, 1.165) is 37.6 Å². The lowest BCUT2D eigenvalue weighted by Crippen LogP contribution is -3.15. The number of rotatable bonds is 4. The fourth-order valence-electron chi connectivity index (χ4n) is 3.00. The van der Waals surface area contributed by atoms with Crippen molar-refractivity contribution in [2.75, 3.05) is 42.9 Å². The molecule has 0 atom stereocenters. The summed E-state index contributed by atoms with van der Waals surface area (Å²) in [6.07, 6.45) is 1.93. The van der Waals surface area contributed by atoms with Crippen molar-refractivity contribution in [1.82, 2.24) is 0 Å². The average molecular weight is 381 g/mol. The summed E-state index contributed by atoms with van der Waals surface area (Å²) in [4.78, 5) is 19.2. The molecule has 1 aliphatic heterocycles. The summed E-state index contributed by atoms with van der Waals surface area (Å²) in [6, 6.07) is 9.65. The summed E-state index contributed by atoms with van der Waals surface area (Å²) < 4.78 is 0. The van der Waals surface area contributed by atoms with Crippen LogP contribution < -0.4 is 20.1 Å². The van der Waals surface area contributed by atoms with Crippen LogP contribution in [0.5, 0.6) is 0 Å². The second-order valence-electron chi connectivity index (χ2n) is 6.26. The third-order valence-corrected chi connectivity index (χ3v) is 5.27. The van der Waals surface area contributed by atoms with Crippen LogP contribution in [-0.4, -0.2) is 38.6 Å². The number of quaternary nitrogens is 1. The van der Waals surface area contributed by atoms with Crippen molar-refractivity contribution in [3.05, 3.63) is 52.1 Å². The molecule has 1 amide bonds. The Hall–Kier alpha value is -1.82. The maximum atomic E-state index is 12.4. The summed E-state index contributed by atoms with van der Waals surface area (Å²) in [5, 5.41) is 3.83. The Morgan fingerprint density at radius 2 is 2.00 bits per heavy atom. The molecule has 7 heteroatoms. The van der Waals surface area contributed by atoms with Crippen LogP contribution in [0.1, 0.15) is 5.56 Å². The molecule has 0 aliphatic carbocycles. The molecule has 1 aliphatic rings. The van der Waals surface area contributed by atoms with E-state index < -0.39 is 0 Å². The van der Waals surface area contributed by atoms with Gasteiger partial charge in [0, 0.05) is 6.07 Å². The van der Waals surface area contributed by atoms with Crippen molar-refractivity contribution in [1.29, 1.82) is 0 Å². The lowest BCUT2D eigenvalue weighted by molar-refractivity contribution is -0.892. The molecular weight excluding hydrogens is 359 g/mol. The number of H-pyrrole nitrogens is 1. The zero-order chi connectivity index (χ0) is 17.8. The molecule has 3 rings (SSSR count). The number of halogens is 2. The highest BCUT2D eigenvalue weighted by Crippen LogP contribution is 2.32. The number of nitrogens with one attached hydrogen (secondary N) is 3. The van der Waals surface area contributed by atoms with Gasteiger partial charge < -0.3 is 10.2 Å². The fourth-order valence-corrected chi connectivity index (χ4v) is 3.47. The first-order chi connectivity index (χ1) is 12.0. The summed E-state index contributed by atoms with van der Waals surface area (Å²) in [6.45, 7) is 5.94. The third kappa shape index (κ3) is 4.42. The lowest BCUT2D eigenvalue weighted by Gasteiger charge is -2.27. The fraction of sp³-hybridized carbons (Fsp3) is 0.333. The van der Waals surface area contributed by atoms with E-state index in [9.17, 15) is 4.79 Å². The first-order valence-electron chi connectivity index (χ1n) is 8.34. The van der Waals surface area contributed by atoms with Gasteiger partial charge in [-0.15, -0.1) is 0 Å². The topological polar surface area (TPSA) is 50.9 Å². The van der Waals surface area contributed by atoms with Crippen molar-refractivity contribution in [2.24, 2.45) is 0 Å². The van der Waals surface area contributed by atoms with Gasteiger partial charge in [0.1, 0.15) is 26.2 Å². The highest BCUT2D eigenvalue weighted by atomic mass is 35.5. The van der Waals surface area contributed by atoms with E-state index >= 15 is 0 Å². The highest BCUT2D eigenvalue weighted by Gasteiger charge is 2.27. The Kier molecular flexibility index (Phi) is 5.78. The van der Waals surface area contributed by atoms with Crippen molar-refractivity contribution in [2.45, 2.75) is 6.92 Å². The maximum absolute atomic E-state index is 12.4. The Balaban J connectivity index is 1.54. The van der Waals surface area contributed by atoms with Crippen molar-refractivity contribution in [3.63, 3.8) is 0 Å². The van der Waals surface area contributed by atoms with Crippen LogP contribution in [0.15, 0.2) is 36.5 Å². The van der Waals surface area contributed by atoms with E-state index in [1.54, 1.807) is 6.07 Å². The van der Waals surface area contributed by atoms with Crippen LogP contribution in [0.2, 0.25) is 10.0 Å². The zero-order valence-electron chi connectivity index (χ0n) is 14.1. The molecule has 0 saturated carbocycles. The van der Waals surface area contributed by atoms with Crippen LogP contribution in [0, 0.1) is 6.92 Å². The van der Waals surface area contributed by atoms with Gasteiger partial charge in [-0.25, -0.2) is 4.98 Å². The number of nitrogens with zero attached hydrogens (tertiary/aromatic N) is 1. The third-order valence-electron chi connectivity index (χ3n) is 4.46. The number of amides is 1. The van der Waals surface area contributed by atoms with Crippen molar-refractivity contribution < 1.29 is 14.7 Å². The smallest absolute Gasteiger partial charge is 0.279 e. The number of aromatic amines is 1. The molecule has 1 aromatic heterocycles. The number of anilines is 2. The van der Waals surface area contributed by atoms with Gasteiger partial charge >= 0.3 is 0 Å². The predicted molar refractivity (Wildman–Crippen MR) is 101 cm³/mol. The summed E-state index contributed by atoms with van der Waals surface area (Å²) in [7, 11) is 0. The van der Waals surface area contributed by atoms with Crippen LogP contribution in [0.3, 0.4) is 0 Å². The lowest BCUT2D eigenvalue weighted by atomic mass is 10.2. The van der Waals surface area contributed by atoms with Crippen LogP contribution in [0.4, 0.5) is 11.5 Å². The molecule has 0 unspecified atom stereocenters. The second kappa shape index (κ2) is 8.04. The first-order valence-corrected chi connectivity index (χ1v) is 9.10. The Labute approximate surface area is 157 Å². The molecule has 1 saturated heterocycles. The van der Waals surface area contributed by atoms with Gasteiger partial charge in [0.2, 0.25) is 0 Å². The van der Waals surface area contributed by atoms with E-state index in [-0.39, 0.29) is 5.91 Å². The monoisotopic (exact) mass is 380 g/mol. The Morgan fingerprint density at radius 1 is 1.24 bits per heavy atom. The highest BCUT2D eigenvalue weighted by molar-refractivity contribution is 6.40. The number of benzene rings is 1. The Morgan fingerprint density at radius 3 is 2.68 bits per heavy atom. The van der Waals surface area contributed by atoms with Crippen LogP contribution in [0.25, 0.3) is 0 Å². The Bertz CT molecular complexity index is 746. The number of carbonyl (C=O) groups excluding carboxylic acids is 1. The summed E-state index contributed by atoms with van der Waals surface area (Å²) >= 11 is 12.4. The molecule has 0 radical (unpaired) electrons. The molecule has 5 nitrogen and oxygen atoms in total. The van der Waals surface area contributed by atoms with Gasteiger partial charge in [0.15, 0.2) is 6.54 Å². The van der Waals surface area contributed by atoms with E-state index in [2.05, 4.69) is 21.3 Å².